The molecule has 94 valence electrons. The average Bonchev–Trinajstić information content (AvgIpc) is 2.39. The van der Waals surface area contributed by atoms with Crippen molar-refractivity contribution in [1.29, 1.82) is 0 Å². The number of ketones is 1. The van der Waals surface area contributed by atoms with Crippen LogP contribution in [0.25, 0.3) is 0 Å². The Morgan fingerprint density at radius 3 is 2.56 bits per heavy atom. The molecule has 1 aliphatic rings. The second-order valence-electron chi connectivity index (χ2n) is 4.58. The summed E-state index contributed by atoms with van der Waals surface area (Å²) in [4.78, 5) is 12.2. The maximum Gasteiger partial charge on any atom is 0.196 e. The highest BCUT2D eigenvalue weighted by molar-refractivity contribution is 6.11. The van der Waals surface area contributed by atoms with Crippen LogP contribution in [0.2, 0.25) is 0 Å². The molecule has 1 aromatic rings. The molecule has 0 amide bonds. The van der Waals surface area contributed by atoms with E-state index in [1.807, 2.05) is 19.1 Å². The van der Waals surface area contributed by atoms with E-state index in [2.05, 4.69) is 0 Å². The van der Waals surface area contributed by atoms with Crippen molar-refractivity contribution in [1.82, 2.24) is 0 Å². The Morgan fingerprint density at radius 1 is 1.33 bits per heavy atom. The minimum atomic E-state index is -0.537. The molecule has 0 fully saturated rings. The zero-order valence-electron chi connectivity index (χ0n) is 10.5. The number of allylic oxidation sites excluding steroid dienone is 2. The number of methoxy groups -OCH3 is 1. The first-order valence-corrected chi connectivity index (χ1v) is 5.82. The van der Waals surface area contributed by atoms with Crippen LogP contribution in [0.15, 0.2) is 53.8 Å². The summed E-state index contributed by atoms with van der Waals surface area (Å²) in [5.74, 6) is -0.0850. The average molecular weight is 244 g/mol. The summed E-state index contributed by atoms with van der Waals surface area (Å²) in [5, 5.41) is 9.99. The molecule has 0 aliphatic heterocycles. The van der Waals surface area contributed by atoms with Crippen molar-refractivity contribution >= 4 is 5.78 Å². The molecule has 1 unspecified atom stereocenters. The molecule has 0 saturated heterocycles. The highest BCUT2D eigenvalue weighted by Crippen LogP contribution is 2.29. The molecule has 0 radical (unpaired) electrons. The van der Waals surface area contributed by atoms with E-state index in [-0.39, 0.29) is 11.5 Å². The van der Waals surface area contributed by atoms with Crippen LogP contribution >= 0.6 is 0 Å². The predicted molar refractivity (Wildman–Crippen MR) is 69.6 cm³/mol. The summed E-state index contributed by atoms with van der Waals surface area (Å²) in [6.07, 6.45) is 3.76. The lowest BCUT2D eigenvalue weighted by Crippen LogP contribution is -2.28. The fourth-order valence-corrected chi connectivity index (χ4v) is 1.93. The zero-order chi connectivity index (χ0) is 13.2. The second kappa shape index (κ2) is 4.78. The van der Waals surface area contributed by atoms with Crippen LogP contribution < -0.4 is 0 Å². The number of benzene rings is 1. The molecule has 0 saturated carbocycles. The number of carbonyl (C=O) groups is 1. The summed E-state index contributed by atoms with van der Waals surface area (Å²) in [6, 6.07) is 8.93. The number of ether oxygens (including phenoxy) is 1. The van der Waals surface area contributed by atoms with Gasteiger partial charge in [-0.3, -0.25) is 4.79 Å². The lowest BCUT2D eigenvalue weighted by molar-refractivity contribution is 0.0383. The molecule has 1 aromatic carbocycles. The molecule has 2 rings (SSSR count). The lowest BCUT2D eigenvalue weighted by Gasteiger charge is -2.27. The lowest BCUT2D eigenvalue weighted by atomic mass is 9.89. The fourth-order valence-electron chi connectivity index (χ4n) is 1.93. The molecular formula is C15H16O3. The number of hydrogen-bond acceptors (Lipinski definition) is 3. The normalized spacial score (nSPS) is 23.2. The first-order chi connectivity index (χ1) is 8.56. The predicted octanol–water partition coefficient (Wildman–Crippen LogP) is 3.05. The Balaban J connectivity index is 2.29. The van der Waals surface area contributed by atoms with Gasteiger partial charge in [0.1, 0.15) is 5.76 Å². The second-order valence-corrected chi connectivity index (χ2v) is 4.58. The zero-order valence-corrected chi connectivity index (χ0v) is 10.5. The van der Waals surface area contributed by atoms with E-state index in [1.165, 1.54) is 0 Å². The van der Waals surface area contributed by atoms with Gasteiger partial charge in [-0.2, -0.15) is 0 Å². The molecule has 3 heteroatoms. The summed E-state index contributed by atoms with van der Waals surface area (Å²) in [6.45, 7) is 1.86. The molecule has 1 atom stereocenters. The van der Waals surface area contributed by atoms with E-state index < -0.39 is 5.60 Å². The van der Waals surface area contributed by atoms with Gasteiger partial charge in [-0.15, -0.1) is 0 Å². The van der Waals surface area contributed by atoms with E-state index in [0.29, 0.717) is 17.6 Å². The smallest absolute Gasteiger partial charge is 0.196 e. The van der Waals surface area contributed by atoms with E-state index in [0.717, 1.165) is 0 Å². The highest BCUT2D eigenvalue weighted by atomic mass is 16.5. The maximum atomic E-state index is 12.2. The van der Waals surface area contributed by atoms with Crippen LogP contribution in [0.3, 0.4) is 0 Å². The van der Waals surface area contributed by atoms with E-state index >= 15 is 0 Å². The molecule has 0 heterocycles. The molecule has 0 bridgehead atoms. The van der Waals surface area contributed by atoms with Crippen LogP contribution in [-0.2, 0) is 4.74 Å². The number of aliphatic hydroxyl groups is 1. The molecule has 0 spiro atoms. The number of rotatable bonds is 3. The minimum Gasteiger partial charge on any atom is -0.511 e. The third-order valence-corrected chi connectivity index (χ3v) is 3.18. The number of hydrogen-bond donors (Lipinski definition) is 1. The third kappa shape index (κ3) is 2.36. The number of carbonyl (C=O) groups excluding carboxylic acids is 1. The van der Waals surface area contributed by atoms with Gasteiger partial charge in [0.2, 0.25) is 0 Å². The van der Waals surface area contributed by atoms with Crippen LogP contribution in [-0.4, -0.2) is 23.6 Å². The Bertz CT molecular complexity index is 514. The van der Waals surface area contributed by atoms with Crippen molar-refractivity contribution in [3.8, 4) is 0 Å². The van der Waals surface area contributed by atoms with Crippen LogP contribution in [0.1, 0.15) is 23.7 Å². The fraction of sp³-hybridized carbons (Fsp3) is 0.267. The van der Waals surface area contributed by atoms with Gasteiger partial charge in [-0.25, -0.2) is 0 Å². The van der Waals surface area contributed by atoms with Gasteiger partial charge in [0.15, 0.2) is 5.78 Å². The van der Waals surface area contributed by atoms with Crippen molar-refractivity contribution in [2.45, 2.75) is 18.9 Å². The van der Waals surface area contributed by atoms with Crippen molar-refractivity contribution in [3.63, 3.8) is 0 Å². The van der Waals surface area contributed by atoms with Crippen LogP contribution in [0, 0.1) is 0 Å². The van der Waals surface area contributed by atoms with Crippen molar-refractivity contribution in [3.05, 3.63) is 59.4 Å². The number of Topliss-reactive ketones (excluding diaryl/α,β-unsaturated/α-hetero) is 1. The topological polar surface area (TPSA) is 46.5 Å². The maximum absolute atomic E-state index is 12.2. The van der Waals surface area contributed by atoms with E-state index in [9.17, 15) is 9.90 Å². The third-order valence-electron chi connectivity index (χ3n) is 3.18. The Labute approximate surface area is 106 Å². The van der Waals surface area contributed by atoms with E-state index in [4.69, 9.17) is 4.74 Å². The SMILES string of the molecule is COC1(C)C=CC(C(=O)c2ccccc2)=C(O)C1. The van der Waals surface area contributed by atoms with Crippen molar-refractivity contribution < 1.29 is 14.6 Å². The first-order valence-electron chi connectivity index (χ1n) is 5.82. The van der Waals surface area contributed by atoms with Gasteiger partial charge >= 0.3 is 0 Å². The standard InChI is InChI=1S/C15H16O3/c1-15(18-2)9-8-12(13(16)10-15)14(17)11-6-4-3-5-7-11/h3-9,16H,10H2,1-2H3. The summed E-state index contributed by atoms with van der Waals surface area (Å²) in [5.41, 5.74) is 0.380. The molecule has 1 aliphatic carbocycles. The van der Waals surface area contributed by atoms with Gasteiger partial charge < -0.3 is 9.84 Å². The molecule has 3 nitrogen and oxygen atoms in total. The van der Waals surface area contributed by atoms with Crippen molar-refractivity contribution in [2.24, 2.45) is 0 Å². The summed E-state index contributed by atoms with van der Waals surface area (Å²) < 4.78 is 5.29. The number of aliphatic hydroxyl groups excluding tert-OH is 1. The van der Waals surface area contributed by atoms with Crippen LogP contribution in [0.4, 0.5) is 0 Å². The Kier molecular flexibility index (Phi) is 3.34. The minimum absolute atomic E-state index is 0.0794. The van der Waals surface area contributed by atoms with Gasteiger partial charge in [0.05, 0.1) is 11.2 Å². The van der Waals surface area contributed by atoms with Gasteiger partial charge in [0.25, 0.3) is 0 Å². The Morgan fingerprint density at radius 2 is 2.00 bits per heavy atom. The first kappa shape index (κ1) is 12.6. The van der Waals surface area contributed by atoms with Gasteiger partial charge in [-0.1, -0.05) is 36.4 Å². The van der Waals surface area contributed by atoms with Crippen molar-refractivity contribution in [2.75, 3.05) is 7.11 Å². The molecule has 1 N–H and O–H groups in total. The molecule has 0 aromatic heterocycles. The monoisotopic (exact) mass is 244 g/mol. The van der Waals surface area contributed by atoms with Gasteiger partial charge in [0, 0.05) is 19.1 Å². The molecule has 18 heavy (non-hydrogen) atoms. The van der Waals surface area contributed by atoms with Gasteiger partial charge in [-0.05, 0) is 13.0 Å². The largest absolute Gasteiger partial charge is 0.511 e. The summed E-state index contributed by atoms with van der Waals surface area (Å²) >= 11 is 0. The summed E-state index contributed by atoms with van der Waals surface area (Å²) in [7, 11) is 1.58. The highest BCUT2D eigenvalue weighted by Gasteiger charge is 2.29. The Hall–Kier alpha value is -1.87. The van der Waals surface area contributed by atoms with Crippen LogP contribution in [0.5, 0.6) is 0 Å². The molecular weight excluding hydrogens is 228 g/mol. The quantitative estimate of drug-likeness (QED) is 0.831. The van der Waals surface area contributed by atoms with E-state index in [1.54, 1.807) is 37.5 Å².